The van der Waals surface area contributed by atoms with Crippen molar-refractivity contribution in [3.05, 3.63) is 98.8 Å². The van der Waals surface area contributed by atoms with Crippen LogP contribution in [0.15, 0.2) is 76.4 Å². The average Bonchev–Trinajstić information content (AvgIpc) is 2.56. The standard InChI is InChI=1S/C17H15N3O2/c21-16-11-18-20(13-15-9-5-2-6-10-15)17(22)19(16)12-14-7-3-1-4-8-14/h1-11H,12-13H2. The summed E-state index contributed by atoms with van der Waals surface area (Å²) in [6.45, 7) is 0.588. The van der Waals surface area contributed by atoms with Gasteiger partial charge in [-0.1, -0.05) is 60.7 Å². The van der Waals surface area contributed by atoms with Crippen LogP contribution in [0.4, 0.5) is 0 Å². The Bertz CT molecular complexity index is 868. The Kier molecular flexibility index (Phi) is 3.96. The molecule has 0 aliphatic carbocycles. The third-order valence-electron chi connectivity index (χ3n) is 3.38. The summed E-state index contributed by atoms with van der Waals surface area (Å²) in [7, 11) is 0. The second-order valence-electron chi connectivity index (χ2n) is 4.98. The molecule has 0 radical (unpaired) electrons. The van der Waals surface area contributed by atoms with Gasteiger partial charge in [0, 0.05) is 0 Å². The molecule has 2 aromatic carbocycles. The summed E-state index contributed by atoms with van der Waals surface area (Å²) in [5.41, 5.74) is 1.07. The first kappa shape index (κ1) is 14.0. The zero-order chi connectivity index (χ0) is 15.4. The number of aromatic nitrogens is 3. The molecule has 5 nitrogen and oxygen atoms in total. The van der Waals surface area contributed by atoms with Crippen LogP contribution < -0.4 is 11.2 Å². The van der Waals surface area contributed by atoms with Crippen molar-refractivity contribution in [1.82, 2.24) is 14.3 Å². The van der Waals surface area contributed by atoms with E-state index in [2.05, 4.69) is 5.10 Å². The van der Waals surface area contributed by atoms with Crippen LogP contribution in [0.2, 0.25) is 0 Å². The Morgan fingerprint density at radius 1 is 0.773 bits per heavy atom. The van der Waals surface area contributed by atoms with E-state index in [0.717, 1.165) is 11.1 Å². The molecule has 0 saturated heterocycles. The van der Waals surface area contributed by atoms with E-state index >= 15 is 0 Å². The number of benzene rings is 2. The number of rotatable bonds is 4. The number of hydrogen-bond donors (Lipinski definition) is 0. The molecule has 0 aliphatic heterocycles. The molecule has 0 amide bonds. The van der Waals surface area contributed by atoms with E-state index in [1.165, 1.54) is 15.4 Å². The van der Waals surface area contributed by atoms with E-state index in [1.807, 2.05) is 60.7 Å². The molecule has 0 spiro atoms. The molecular weight excluding hydrogens is 278 g/mol. The molecule has 0 unspecified atom stereocenters. The molecule has 1 aromatic heterocycles. The van der Waals surface area contributed by atoms with E-state index in [-0.39, 0.29) is 6.54 Å². The van der Waals surface area contributed by atoms with E-state index in [0.29, 0.717) is 6.54 Å². The fourth-order valence-corrected chi connectivity index (χ4v) is 2.25. The predicted molar refractivity (Wildman–Crippen MR) is 83.8 cm³/mol. The van der Waals surface area contributed by atoms with Crippen LogP contribution in [0.5, 0.6) is 0 Å². The molecule has 1 heterocycles. The number of hydrogen-bond acceptors (Lipinski definition) is 3. The summed E-state index contributed by atoms with van der Waals surface area (Å²) >= 11 is 0. The number of nitrogens with zero attached hydrogens (tertiary/aromatic N) is 3. The van der Waals surface area contributed by atoms with E-state index in [4.69, 9.17) is 0 Å². The second kappa shape index (κ2) is 6.22. The summed E-state index contributed by atoms with van der Waals surface area (Å²) < 4.78 is 2.50. The van der Waals surface area contributed by atoms with Crippen LogP contribution in [0, 0.1) is 0 Å². The molecule has 0 N–H and O–H groups in total. The van der Waals surface area contributed by atoms with Crippen molar-refractivity contribution in [2.75, 3.05) is 0 Å². The van der Waals surface area contributed by atoms with Gasteiger partial charge < -0.3 is 0 Å². The van der Waals surface area contributed by atoms with E-state index in [9.17, 15) is 9.59 Å². The van der Waals surface area contributed by atoms with Crippen LogP contribution in [-0.4, -0.2) is 14.3 Å². The fraction of sp³-hybridized carbons (Fsp3) is 0.118. The molecule has 3 rings (SSSR count). The first-order valence-electron chi connectivity index (χ1n) is 6.99. The lowest BCUT2D eigenvalue weighted by molar-refractivity contribution is 0.541. The van der Waals surface area contributed by atoms with Gasteiger partial charge in [-0.3, -0.25) is 9.36 Å². The van der Waals surface area contributed by atoms with Crippen LogP contribution in [-0.2, 0) is 13.1 Å². The molecular formula is C17H15N3O2. The zero-order valence-corrected chi connectivity index (χ0v) is 11.9. The molecule has 3 aromatic rings. The first-order chi connectivity index (χ1) is 10.7. The Morgan fingerprint density at radius 3 is 1.91 bits per heavy atom. The lowest BCUT2D eigenvalue weighted by Crippen LogP contribution is -2.41. The largest absolute Gasteiger partial charge is 0.348 e. The first-order valence-corrected chi connectivity index (χ1v) is 6.99. The van der Waals surface area contributed by atoms with Gasteiger partial charge in [0.15, 0.2) is 0 Å². The van der Waals surface area contributed by atoms with E-state index < -0.39 is 11.2 Å². The minimum Gasteiger partial charge on any atom is -0.267 e. The van der Waals surface area contributed by atoms with Crippen molar-refractivity contribution in [2.24, 2.45) is 0 Å². The minimum atomic E-state index is -0.403. The van der Waals surface area contributed by atoms with Crippen LogP contribution >= 0.6 is 0 Å². The third-order valence-corrected chi connectivity index (χ3v) is 3.38. The predicted octanol–water partition coefficient (Wildman–Crippen LogP) is 1.50. The van der Waals surface area contributed by atoms with Gasteiger partial charge in [-0.05, 0) is 11.1 Å². The van der Waals surface area contributed by atoms with Gasteiger partial charge in [0.1, 0.15) is 6.20 Å². The monoisotopic (exact) mass is 293 g/mol. The van der Waals surface area contributed by atoms with Gasteiger partial charge in [-0.2, -0.15) is 5.10 Å². The summed E-state index contributed by atoms with van der Waals surface area (Å²) in [5, 5.41) is 3.95. The fourth-order valence-electron chi connectivity index (χ4n) is 2.25. The maximum absolute atomic E-state index is 12.5. The molecule has 0 aliphatic rings. The maximum Gasteiger partial charge on any atom is 0.348 e. The van der Waals surface area contributed by atoms with Crippen molar-refractivity contribution in [2.45, 2.75) is 13.1 Å². The van der Waals surface area contributed by atoms with Crippen molar-refractivity contribution in [3.8, 4) is 0 Å². The SMILES string of the molecule is O=c1cnn(Cc2ccccc2)c(=O)n1Cc1ccccc1. The molecule has 110 valence electrons. The van der Waals surface area contributed by atoms with Crippen LogP contribution in [0.25, 0.3) is 0 Å². The zero-order valence-electron chi connectivity index (χ0n) is 11.9. The second-order valence-corrected chi connectivity index (χ2v) is 4.98. The topological polar surface area (TPSA) is 56.9 Å². The summed E-state index contributed by atoms with van der Waals surface area (Å²) in [4.78, 5) is 24.4. The molecule has 0 atom stereocenters. The Balaban J connectivity index is 1.96. The van der Waals surface area contributed by atoms with E-state index in [1.54, 1.807) is 0 Å². The lowest BCUT2D eigenvalue weighted by atomic mass is 10.2. The van der Waals surface area contributed by atoms with Crippen LogP contribution in [0.3, 0.4) is 0 Å². The Morgan fingerprint density at radius 2 is 1.32 bits per heavy atom. The van der Waals surface area contributed by atoms with Gasteiger partial charge >= 0.3 is 5.69 Å². The highest BCUT2D eigenvalue weighted by atomic mass is 16.2. The minimum absolute atomic E-state index is 0.246. The van der Waals surface area contributed by atoms with Gasteiger partial charge in [0.25, 0.3) is 5.56 Å². The Labute approximate surface area is 127 Å². The van der Waals surface area contributed by atoms with Gasteiger partial charge in [-0.25, -0.2) is 9.48 Å². The van der Waals surface area contributed by atoms with Crippen LogP contribution in [0.1, 0.15) is 11.1 Å². The maximum atomic E-state index is 12.5. The highest BCUT2D eigenvalue weighted by Gasteiger charge is 2.07. The normalized spacial score (nSPS) is 10.5. The lowest BCUT2D eigenvalue weighted by Gasteiger charge is -2.09. The molecule has 22 heavy (non-hydrogen) atoms. The van der Waals surface area contributed by atoms with Crippen molar-refractivity contribution < 1.29 is 0 Å². The summed E-state index contributed by atoms with van der Waals surface area (Å²) in [6.07, 6.45) is 1.19. The molecule has 0 fully saturated rings. The van der Waals surface area contributed by atoms with Gasteiger partial charge in [0.05, 0.1) is 13.1 Å². The van der Waals surface area contributed by atoms with Gasteiger partial charge in [-0.15, -0.1) is 0 Å². The molecule has 0 bridgehead atoms. The molecule has 5 heteroatoms. The quantitative estimate of drug-likeness (QED) is 0.732. The highest BCUT2D eigenvalue weighted by Crippen LogP contribution is 2.00. The Hall–Kier alpha value is -2.95. The highest BCUT2D eigenvalue weighted by molar-refractivity contribution is 5.16. The van der Waals surface area contributed by atoms with Crippen molar-refractivity contribution in [3.63, 3.8) is 0 Å². The molecule has 0 saturated carbocycles. The summed E-state index contributed by atoms with van der Waals surface area (Å²) in [6, 6.07) is 19.0. The summed E-state index contributed by atoms with van der Waals surface area (Å²) in [5.74, 6) is 0. The smallest absolute Gasteiger partial charge is 0.267 e. The van der Waals surface area contributed by atoms with Crippen molar-refractivity contribution >= 4 is 0 Å². The average molecular weight is 293 g/mol. The van der Waals surface area contributed by atoms with Gasteiger partial charge in [0.2, 0.25) is 0 Å². The third kappa shape index (κ3) is 3.03. The van der Waals surface area contributed by atoms with Crippen molar-refractivity contribution in [1.29, 1.82) is 0 Å².